The van der Waals surface area contributed by atoms with Crippen molar-refractivity contribution in [3.63, 3.8) is 0 Å². The number of nitrogens with one attached hydrogen (secondary N) is 1. The van der Waals surface area contributed by atoms with Crippen LogP contribution in [0.25, 0.3) is 0 Å². The topological polar surface area (TPSA) is 73.1 Å². The van der Waals surface area contributed by atoms with Crippen LogP contribution in [0, 0.1) is 6.92 Å². The Kier molecular flexibility index (Phi) is 6.89. The third kappa shape index (κ3) is 5.00. The minimum atomic E-state index is -0.346. The fourth-order valence-corrected chi connectivity index (χ4v) is 2.39. The summed E-state index contributed by atoms with van der Waals surface area (Å²) in [5, 5.41) is 4.38. The summed E-state index contributed by atoms with van der Waals surface area (Å²) < 4.78 is 16.3. The Bertz CT molecular complexity index is 756. The zero-order chi connectivity index (χ0) is 18.2. The Labute approximate surface area is 151 Å². The molecule has 0 radical (unpaired) electrons. The van der Waals surface area contributed by atoms with Crippen LogP contribution in [-0.2, 0) is 0 Å². The lowest BCUT2D eigenvalue weighted by atomic mass is 10.2. The van der Waals surface area contributed by atoms with Crippen LogP contribution in [0.4, 0.5) is 0 Å². The zero-order valence-electron chi connectivity index (χ0n) is 14.5. The first-order valence-corrected chi connectivity index (χ1v) is 8.41. The van der Waals surface area contributed by atoms with Gasteiger partial charge in [0, 0.05) is 0 Å². The number of aryl methyl sites for hydroxylation is 1. The van der Waals surface area contributed by atoms with Crippen molar-refractivity contribution in [2.24, 2.45) is 5.10 Å². The molecule has 25 heavy (non-hydrogen) atoms. The first-order valence-electron chi connectivity index (χ1n) is 8.03. The average molecular weight is 365 g/mol. The maximum Gasteiger partial charge on any atom is 0.274 e. The number of hydrazone groups is 1. The number of carbonyl (C=O) groups excluding carboxylic acids is 1. The van der Waals surface area contributed by atoms with Crippen LogP contribution >= 0.6 is 11.6 Å². The molecular weight excluding hydrogens is 344 g/mol. The molecule has 0 fully saturated rings. The van der Waals surface area contributed by atoms with E-state index in [2.05, 4.69) is 10.5 Å². The maximum atomic E-state index is 12.0. The van der Waals surface area contributed by atoms with Gasteiger partial charge < -0.3 is 13.9 Å². The smallest absolute Gasteiger partial charge is 0.274 e. The number of hydrogen-bond acceptors (Lipinski definition) is 5. The van der Waals surface area contributed by atoms with Gasteiger partial charge in [0.1, 0.15) is 5.76 Å². The van der Waals surface area contributed by atoms with Crippen LogP contribution in [0.5, 0.6) is 11.5 Å². The quantitative estimate of drug-likeness (QED) is 0.563. The number of halogens is 1. The molecule has 0 saturated carbocycles. The van der Waals surface area contributed by atoms with Gasteiger partial charge in [-0.25, -0.2) is 5.43 Å². The lowest BCUT2D eigenvalue weighted by Crippen LogP contribution is -2.17. The number of nitrogens with zero attached hydrogens (tertiary/aromatic N) is 1. The van der Waals surface area contributed by atoms with Crippen molar-refractivity contribution >= 4 is 23.7 Å². The molecule has 2 aromatic rings. The summed E-state index contributed by atoms with van der Waals surface area (Å²) in [5.41, 5.74) is 3.57. The molecule has 0 spiro atoms. The van der Waals surface area contributed by atoms with Crippen LogP contribution in [0.3, 0.4) is 0 Å². The van der Waals surface area contributed by atoms with Crippen molar-refractivity contribution in [2.75, 3.05) is 13.2 Å². The van der Waals surface area contributed by atoms with Gasteiger partial charge in [-0.1, -0.05) is 18.5 Å². The molecule has 0 saturated heterocycles. The first kappa shape index (κ1) is 18.9. The summed E-state index contributed by atoms with van der Waals surface area (Å²) in [4.78, 5) is 12.0. The normalized spacial score (nSPS) is 10.9. The van der Waals surface area contributed by atoms with E-state index in [0.717, 1.165) is 6.42 Å². The van der Waals surface area contributed by atoms with Crippen LogP contribution < -0.4 is 14.9 Å². The maximum absolute atomic E-state index is 12.0. The van der Waals surface area contributed by atoms with Crippen molar-refractivity contribution in [2.45, 2.75) is 27.2 Å². The lowest BCUT2D eigenvalue weighted by molar-refractivity contribution is 0.0953. The molecular formula is C18H21ClN2O4. The standard InChI is InChI=1S/C18H21ClN2O4/c1-4-7-25-17-15(19)9-13(10-16(17)23-5-2)11-20-21-18(22)14-6-8-24-12(14)3/h6,8-11H,4-5,7H2,1-3H3,(H,21,22)/b20-11-. The van der Waals surface area contributed by atoms with E-state index in [1.165, 1.54) is 12.5 Å². The molecule has 1 heterocycles. The van der Waals surface area contributed by atoms with Gasteiger partial charge in [-0.3, -0.25) is 4.79 Å². The fourth-order valence-electron chi connectivity index (χ4n) is 2.12. The number of furan rings is 1. The van der Waals surface area contributed by atoms with Gasteiger partial charge in [-0.05, 0) is 44.0 Å². The van der Waals surface area contributed by atoms with Crippen LogP contribution in [-0.4, -0.2) is 25.3 Å². The third-order valence-electron chi connectivity index (χ3n) is 3.27. The van der Waals surface area contributed by atoms with Gasteiger partial charge in [-0.15, -0.1) is 0 Å². The van der Waals surface area contributed by atoms with Crippen LogP contribution in [0.2, 0.25) is 5.02 Å². The number of carbonyl (C=O) groups is 1. The predicted octanol–water partition coefficient (Wildman–Crippen LogP) is 4.19. The highest BCUT2D eigenvalue weighted by molar-refractivity contribution is 6.32. The number of ether oxygens (including phenoxy) is 2. The summed E-state index contributed by atoms with van der Waals surface area (Å²) in [6.07, 6.45) is 3.81. The molecule has 0 aliphatic rings. The predicted molar refractivity (Wildman–Crippen MR) is 96.9 cm³/mol. The Balaban J connectivity index is 2.13. The molecule has 1 aromatic heterocycles. The molecule has 0 bridgehead atoms. The van der Waals surface area contributed by atoms with E-state index in [1.54, 1.807) is 25.1 Å². The molecule has 0 aliphatic heterocycles. The van der Waals surface area contributed by atoms with Crippen LogP contribution in [0.15, 0.2) is 34.0 Å². The fraction of sp³-hybridized carbons (Fsp3) is 0.333. The number of rotatable bonds is 8. The van der Waals surface area contributed by atoms with Gasteiger partial charge in [-0.2, -0.15) is 5.10 Å². The second-order valence-corrected chi connectivity index (χ2v) is 5.61. The Hall–Kier alpha value is -2.47. The molecule has 1 aromatic carbocycles. The monoisotopic (exact) mass is 364 g/mol. The summed E-state index contributed by atoms with van der Waals surface area (Å²) in [5.74, 6) is 1.25. The number of benzene rings is 1. The molecule has 2 rings (SSSR count). The average Bonchev–Trinajstić information content (AvgIpc) is 3.00. The molecule has 0 atom stereocenters. The summed E-state index contributed by atoms with van der Waals surface area (Å²) in [6, 6.07) is 5.05. The van der Waals surface area contributed by atoms with Crippen molar-refractivity contribution in [3.05, 3.63) is 46.4 Å². The molecule has 6 nitrogen and oxygen atoms in total. The van der Waals surface area contributed by atoms with Crippen molar-refractivity contribution < 1.29 is 18.7 Å². The highest BCUT2D eigenvalue weighted by Crippen LogP contribution is 2.36. The minimum absolute atomic E-state index is 0.346. The first-order chi connectivity index (χ1) is 12.1. The van der Waals surface area contributed by atoms with E-state index >= 15 is 0 Å². The van der Waals surface area contributed by atoms with E-state index in [1.807, 2.05) is 13.8 Å². The lowest BCUT2D eigenvalue weighted by Gasteiger charge is -2.13. The van der Waals surface area contributed by atoms with Crippen molar-refractivity contribution in [3.8, 4) is 11.5 Å². The van der Waals surface area contributed by atoms with E-state index in [4.69, 9.17) is 25.5 Å². The molecule has 1 N–H and O–H groups in total. The Morgan fingerprint density at radius 2 is 2.16 bits per heavy atom. The number of hydrogen-bond donors (Lipinski definition) is 1. The second-order valence-electron chi connectivity index (χ2n) is 5.20. The van der Waals surface area contributed by atoms with Crippen molar-refractivity contribution in [1.82, 2.24) is 5.43 Å². The van der Waals surface area contributed by atoms with E-state index in [-0.39, 0.29) is 5.91 Å². The molecule has 0 aliphatic carbocycles. The Morgan fingerprint density at radius 3 is 2.80 bits per heavy atom. The van der Waals surface area contributed by atoms with Gasteiger partial charge in [0.2, 0.25) is 0 Å². The Morgan fingerprint density at radius 1 is 1.36 bits per heavy atom. The minimum Gasteiger partial charge on any atom is -0.490 e. The van der Waals surface area contributed by atoms with E-state index in [0.29, 0.717) is 46.6 Å². The largest absolute Gasteiger partial charge is 0.490 e. The second kappa shape index (κ2) is 9.13. The van der Waals surface area contributed by atoms with E-state index in [9.17, 15) is 4.79 Å². The van der Waals surface area contributed by atoms with Crippen LogP contribution in [0.1, 0.15) is 41.9 Å². The molecule has 7 heteroatoms. The van der Waals surface area contributed by atoms with Gasteiger partial charge in [0.25, 0.3) is 5.91 Å². The van der Waals surface area contributed by atoms with Crippen molar-refractivity contribution in [1.29, 1.82) is 0 Å². The zero-order valence-corrected chi connectivity index (χ0v) is 15.2. The molecule has 1 amide bonds. The summed E-state index contributed by atoms with van der Waals surface area (Å²) >= 11 is 6.28. The van der Waals surface area contributed by atoms with Gasteiger partial charge in [0.05, 0.1) is 36.3 Å². The van der Waals surface area contributed by atoms with E-state index < -0.39 is 0 Å². The molecule has 134 valence electrons. The number of amides is 1. The highest BCUT2D eigenvalue weighted by atomic mass is 35.5. The molecule has 0 unspecified atom stereocenters. The van der Waals surface area contributed by atoms with Gasteiger partial charge in [0.15, 0.2) is 11.5 Å². The summed E-state index contributed by atoms with van der Waals surface area (Å²) in [7, 11) is 0. The third-order valence-corrected chi connectivity index (χ3v) is 3.55. The highest BCUT2D eigenvalue weighted by Gasteiger charge is 2.13. The van der Waals surface area contributed by atoms with Gasteiger partial charge >= 0.3 is 0 Å². The summed E-state index contributed by atoms with van der Waals surface area (Å²) in [6.45, 7) is 6.64. The SMILES string of the molecule is CCCOc1c(Cl)cc(/C=N\NC(=O)c2ccoc2C)cc1OCC.